The summed E-state index contributed by atoms with van der Waals surface area (Å²) in [5, 5.41) is 7.35. The molecule has 1 aromatic rings. The lowest BCUT2D eigenvalue weighted by Gasteiger charge is -2.33. The molecule has 6 nitrogen and oxygen atoms in total. The van der Waals surface area contributed by atoms with Crippen molar-refractivity contribution in [3.8, 4) is 0 Å². The molecule has 1 saturated heterocycles. The molecule has 1 aliphatic carbocycles. The van der Waals surface area contributed by atoms with Crippen LogP contribution in [0, 0.1) is 18.8 Å². The highest BCUT2D eigenvalue weighted by Crippen LogP contribution is 2.28. The third-order valence-electron chi connectivity index (χ3n) is 5.61. The number of hydrogen-bond acceptors (Lipinski definition) is 4. The lowest BCUT2D eigenvalue weighted by atomic mass is 9.89. The van der Waals surface area contributed by atoms with E-state index in [9.17, 15) is 4.79 Å². The quantitative estimate of drug-likeness (QED) is 0.909. The number of H-pyrrole nitrogens is 1. The summed E-state index contributed by atoms with van der Waals surface area (Å²) < 4.78 is 0. The number of amides is 1. The first-order valence-corrected chi connectivity index (χ1v) is 9.96. The fourth-order valence-electron chi connectivity index (χ4n) is 4.28. The van der Waals surface area contributed by atoms with E-state index in [1.165, 1.54) is 32.1 Å². The molecule has 1 amide bonds. The first-order chi connectivity index (χ1) is 12.0. The fourth-order valence-corrected chi connectivity index (χ4v) is 4.28. The molecular formula is C19H33N5O. The van der Waals surface area contributed by atoms with Crippen molar-refractivity contribution >= 4 is 5.91 Å². The van der Waals surface area contributed by atoms with Crippen LogP contribution in [0.3, 0.4) is 0 Å². The molecule has 1 saturated carbocycles. The van der Waals surface area contributed by atoms with Crippen molar-refractivity contribution in [2.45, 2.75) is 65.3 Å². The van der Waals surface area contributed by atoms with Crippen molar-refractivity contribution < 1.29 is 4.79 Å². The van der Waals surface area contributed by atoms with Gasteiger partial charge in [0.05, 0.1) is 0 Å². The van der Waals surface area contributed by atoms with Gasteiger partial charge in [-0.1, -0.05) is 33.1 Å². The van der Waals surface area contributed by atoms with Gasteiger partial charge in [-0.3, -0.25) is 9.89 Å². The smallest absolute Gasteiger partial charge is 0.225 e. The molecule has 2 heterocycles. The van der Waals surface area contributed by atoms with Crippen LogP contribution in [-0.4, -0.2) is 57.1 Å². The summed E-state index contributed by atoms with van der Waals surface area (Å²) in [7, 11) is 0. The monoisotopic (exact) mass is 347 g/mol. The number of hydrogen-bond donors (Lipinski definition) is 1. The van der Waals surface area contributed by atoms with Gasteiger partial charge in [0.2, 0.25) is 5.91 Å². The van der Waals surface area contributed by atoms with Crippen LogP contribution >= 0.6 is 0 Å². The third kappa shape index (κ3) is 4.60. The van der Waals surface area contributed by atoms with Crippen LogP contribution < -0.4 is 0 Å². The van der Waals surface area contributed by atoms with E-state index in [-0.39, 0.29) is 17.9 Å². The van der Waals surface area contributed by atoms with Crippen molar-refractivity contribution in [2.24, 2.45) is 11.8 Å². The molecule has 0 radical (unpaired) electrons. The average Bonchev–Trinajstić information content (AvgIpc) is 2.92. The molecular weight excluding hydrogens is 314 g/mol. The molecule has 25 heavy (non-hydrogen) atoms. The maximum Gasteiger partial charge on any atom is 0.225 e. The number of nitrogens with zero attached hydrogens (tertiary/aromatic N) is 4. The van der Waals surface area contributed by atoms with E-state index in [2.05, 4.69) is 20.1 Å². The van der Waals surface area contributed by atoms with Gasteiger partial charge in [0.1, 0.15) is 11.9 Å². The van der Waals surface area contributed by atoms with Crippen LogP contribution in [0.4, 0.5) is 0 Å². The number of rotatable bonds is 4. The fraction of sp³-hybridized carbons (Fsp3) is 0.842. The molecule has 2 fully saturated rings. The van der Waals surface area contributed by atoms with Crippen LogP contribution in [-0.2, 0) is 4.79 Å². The second-order valence-electron chi connectivity index (χ2n) is 8.10. The van der Waals surface area contributed by atoms with Gasteiger partial charge in [0.25, 0.3) is 0 Å². The van der Waals surface area contributed by atoms with Crippen LogP contribution in [0.15, 0.2) is 0 Å². The van der Waals surface area contributed by atoms with Crippen molar-refractivity contribution in [1.29, 1.82) is 0 Å². The van der Waals surface area contributed by atoms with E-state index in [0.717, 1.165) is 50.2 Å². The Hall–Kier alpha value is -1.43. The second kappa shape index (κ2) is 8.30. The van der Waals surface area contributed by atoms with Gasteiger partial charge >= 0.3 is 0 Å². The molecule has 1 atom stereocenters. The van der Waals surface area contributed by atoms with E-state index >= 15 is 0 Å². The van der Waals surface area contributed by atoms with E-state index in [4.69, 9.17) is 0 Å². The Morgan fingerprint density at radius 3 is 2.60 bits per heavy atom. The van der Waals surface area contributed by atoms with Crippen molar-refractivity contribution in [1.82, 2.24) is 25.0 Å². The lowest BCUT2D eigenvalue weighted by molar-refractivity contribution is -0.137. The molecule has 1 aliphatic heterocycles. The number of aryl methyl sites for hydroxylation is 1. The summed E-state index contributed by atoms with van der Waals surface area (Å²) in [5.74, 6) is 2.62. The number of aromatic nitrogens is 3. The summed E-state index contributed by atoms with van der Waals surface area (Å²) >= 11 is 0. The summed E-state index contributed by atoms with van der Waals surface area (Å²) in [6.45, 7) is 9.76. The van der Waals surface area contributed by atoms with Gasteiger partial charge < -0.3 is 9.80 Å². The van der Waals surface area contributed by atoms with Gasteiger partial charge in [0.15, 0.2) is 5.82 Å². The predicted octanol–water partition coefficient (Wildman–Crippen LogP) is 2.92. The van der Waals surface area contributed by atoms with Crippen LogP contribution in [0.1, 0.15) is 70.1 Å². The minimum Gasteiger partial charge on any atom is -0.331 e. The minimum atomic E-state index is -0.0362. The molecule has 1 unspecified atom stereocenters. The van der Waals surface area contributed by atoms with Gasteiger partial charge in [-0.05, 0) is 38.6 Å². The Morgan fingerprint density at radius 1 is 1.20 bits per heavy atom. The molecule has 0 bridgehead atoms. The van der Waals surface area contributed by atoms with Crippen LogP contribution in [0.5, 0.6) is 0 Å². The highest BCUT2D eigenvalue weighted by molar-refractivity contribution is 5.78. The Balaban J connectivity index is 1.76. The van der Waals surface area contributed by atoms with Crippen molar-refractivity contribution in [2.75, 3.05) is 26.2 Å². The number of aromatic amines is 1. The second-order valence-corrected chi connectivity index (χ2v) is 8.10. The van der Waals surface area contributed by atoms with E-state index in [1.807, 2.05) is 25.7 Å². The van der Waals surface area contributed by atoms with E-state index in [1.54, 1.807) is 0 Å². The maximum atomic E-state index is 12.8. The van der Waals surface area contributed by atoms with Crippen LogP contribution in [0.25, 0.3) is 0 Å². The normalized spacial score (nSPS) is 23.8. The Bertz CT molecular complexity index is 564. The zero-order chi connectivity index (χ0) is 17.8. The Morgan fingerprint density at radius 2 is 1.96 bits per heavy atom. The number of nitrogens with one attached hydrogen (secondary N) is 1. The molecule has 140 valence electrons. The van der Waals surface area contributed by atoms with E-state index in [0.29, 0.717) is 0 Å². The lowest BCUT2D eigenvalue weighted by Crippen LogP contribution is -2.41. The summed E-state index contributed by atoms with van der Waals surface area (Å²) in [5.41, 5.74) is 0. The molecule has 1 aromatic heterocycles. The predicted molar refractivity (Wildman–Crippen MR) is 98.0 cm³/mol. The third-order valence-corrected chi connectivity index (χ3v) is 5.61. The maximum absolute atomic E-state index is 12.8. The number of carbonyl (C=O) groups excluding carboxylic acids is 1. The molecule has 6 heteroatoms. The van der Waals surface area contributed by atoms with Gasteiger partial charge in [0, 0.05) is 25.6 Å². The standard InChI is InChI=1S/C19H33N5O/c1-14(2)19(25)24-11-7-10-23(12-16-8-5-4-6-9-16)13-17(24)18-20-15(3)21-22-18/h14,16-17H,4-13H2,1-3H3,(H,20,21,22). The number of carbonyl (C=O) groups is 1. The van der Waals surface area contributed by atoms with Crippen LogP contribution in [0.2, 0.25) is 0 Å². The summed E-state index contributed by atoms with van der Waals surface area (Å²) in [6, 6.07) is -0.0362. The zero-order valence-corrected chi connectivity index (χ0v) is 16.0. The molecule has 3 rings (SSSR count). The first kappa shape index (κ1) is 18.4. The van der Waals surface area contributed by atoms with Gasteiger partial charge in [-0.15, -0.1) is 0 Å². The van der Waals surface area contributed by atoms with Gasteiger partial charge in [-0.25, -0.2) is 4.98 Å². The summed E-state index contributed by atoms with van der Waals surface area (Å²) in [4.78, 5) is 21.9. The van der Waals surface area contributed by atoms with Gasteiger partial charge in [-0.2, -0.15) is 5.10 Å². The highest BCUT2D eigenvalue weighted by atomic mass is 16.2. The van der Waals surface area contributed by atoms with Crippen molar-refractivity contribution in [3.63, 3.8) is 0 Å². The Kier molecular flexibility index (Phi) is 6.10. The topological polar surface area (TPSA) is 65.1 Å². The molecule has 0 aromatic carbocycles. The minimum absolute atomic E-state index is 0.00688. The molecule has 2 aliphatic rings. The summed E-state index contributed by atoms with van der Waals surface area (Å²) in [6.07, 6.45) is 7.89. The zero-order valence-electron chi connectivity index (χ0n) is 16.0. The SMILES string of the molecule is Cc1nc(C2CN(CC3CCCCC3)CCCN2C(=O)C(C)C)n[nH]1. The van der Waals surface area contributed by atoms with Crippen molar-refractivity contribution in [3.05, 3.63) is 11.6 Å². The average molecular weight is 348 g/mol. The Labute approximate surface area is 151 Å². The largest absolute Gasteiger partial charge is 0.331 e. The van der Waals surface area contributed by atoms with E-state index < -0.39 is 0 Å². The molecule has 1 N–H and O–H groups in total. The first-order valence-electron chi connectivity index (χ1n) is 9.96. The molecule has 0 spiro atoms. The highest BCUT2D eigenvalue weighted by Gasteiger charge is 2.33.